The molecule has 1 aromatic carbocycles. The summed E-state index contributed by atoms with van der Waals surface area (Å²) in [5, 5.41) is 1.48. The fraction of sp³-hybridized carbons (Fsp3) is 0.733. The van der Waals surface area contributed by atoms with Crippen LogP contribution in [0, 0.1) is 5.92 Å². The minimum Gasteiger partial charge on any atom is -0.358 e. The maximum absolute atomic E-state index is 3.66. The van der Waals surface area contributed by atoms with E-state index in [4.69, 9.17) is 0 Å². The Morgan fingerprint density at radius 1 is 0.710 bits per heavy atom. The number of rotatable bonds is 17. The number of aromatic nitrogens is 1. The van der Waals surface area contributed by atoms with E-state index >= 15 is 0 Å². The Kier molecular flexibility index (Phi) is 11.6. The first kappa shape index (κ1) is 24.4. The van der Waals surface area contributed by atoms with Crippen LogP contribution >= 0.6 is 0 Å². The molecule has 0 saturated heterocycles. The highest BCUT2D eigenvalue weighted by Crippen LogP contribution is 2.33. The van der Waals surface area contributed by atoms with E-state index in [1.165, 1.54) is 145 Å². The number of fused-ring (bicyclic) bond motifs is 3. The van der Waals surface area contributed by atoms with Gasteiger partial charge >= 0.3 is 0 Å². The summed E-state index contributed by atoms with van der Waals surface area (Å²) in [5.41, 5.74) is 4.49. The van der Waals surface area contributed by atoms with Crippen LogP contribution in [0.25, 0.3) is 10.9 Å². The van der Waals surface area contributed by atoms with Crippen LogP contribution in [-0.4, -0.2) is 4.98 Å². The average Bonchev–Trinajstić information content (AvgIpc) is 3.17. The first-order chi connectivity index (χ1) is 15.4. The normalized spacial score (nSPS) is 16.1. The Balaban J connectivity index is 1.12. The molecule has 3 rings (SSSR count). The fourth-order valence-corrected chi connectivity index (χ4v) is 5.67. The zero-order valence-electron chi connectivity index (χ0n) is 20.5. The Morgan fingerprint density at radius 3 is 1.87 bits per heavy atom. The lowest BCUT2D eigenvalue weighted by Gasteiger charge is -2.22. The Hall–Kier alpha value is -1.24. The van der Waals surface area contributed by atoms with E-state index in [0.717, 1.165) is 5.92 Å². The minimum atomic E-state index is 0.915. The lowest BCUT2D eigenvalue weighted by atomic mass is 9.83. The second kappa shape index (κ2) is 14.8. The number of benzene rings is 1. The van der Waals surface area contributed by atoms with Gasteiger partial charge in [0.05, 0.1) is 0 Å². The molecule has 1 aliphatic rings. The van der Waals surface area contributed by atoms with E-state index in [-0.39, 0.29) is 0 Å². The lowest BCUT2D eigenvalue weighted by molar-refractivity contribution is 0.403. The molecular weight excluding hydrogens is 374 g/mol. The third-order valence-electron chi connectivity index (χ3n) is 7.66. The zero-order chi connectivity index (χ0) is 21.6. The predicted octanol–water partition coefficient (Wildman–Crippen LogP) is 9.92. The number of unbranched alkanes of at least 4 members (excludes halogenated alkanes) is 15. The Morgan fingerprint density at radius 2 is 1.26 bits per heavy atom. The van der Waals surface area contributed by atoms with E-state index in [2.05, 4.69) is 36.2 Å². The van der Waals surface area contributed by atoms with E-state index in [0.29, 0.717) is 0 Å². The molecule has 0 fully saturated rings. The van der Waals surface area contributed by atoms with Crippen molar-refractivity contribution in [1.82, 2.24) is 4.98 Å². The molecule has 1 atom stereocenters. The summed E-state index contributed by atoms with van der Waals surface area (Å²) >= 11 is 0. The van der Waals surface area contributed by atoms with Gasteiger partial charge in [0.25, 0.3) is 0 Å². The van der Waals surface area contributed by atoms with Gasteiger partial charge in [0.15, 0.2) is 0 Å². The van der Waals surface area contributed by atoms with Crippen molar-refractivity contribution in [1.29, 1.82) is 0 Å². The number of nitrogens with one attached hydrogen (secondary N) is 1. The maximum Gasteiger partial charge on any atom is 0.0458 e. The molecule has 1 nitrogen and oxygen atoms in total. The van der Waals surface area contributed by atoms with Crippen LogP contribution in [0.2, 0.25) is 0 Å². The fourth-order valence-electron chi connectivity index (χ4n) is 5.67. The standard InChI is InChI=1S/C30H49N/c1-2-3-4-5-6-7-8-9-10-11-12-13-14-15-16-17-20-26-23-24-30-28(25-26)27-21-18-19-22-29(27)31-30/h18-19,21-22,26,31H,2-17,20,23-25H2,1H3. The van der Waals surface area contributed by atoms with Crippen LogP contribution in [-0.2, 0) is 12.8 Å². The molecule has 0 amide bonds. The number of aryl methyl sites for hydroxylation is 1. The number of H-pyrrole nitrogens is 1. The monoisotopic (exact) mass is 423 g/mol. The van der Waals surface area contributed by atoms with Crippen molar-refractivity contribution in [2.45, 2.75) is 135 Å². The summed E-state index contributed by atoms with van der Waals surface area (Å²) in [6.07, 6.45) is 28.8. The van der Waals surface area contributed by atoms with Gasteiger partial charge in [-0.2, -0.15) is 0 Å². The molecule has 1 N–H and O–H groups in total. The zero-order valence-corrected chi connectivity index (χ0v) is 20.5. The summed E-state index contributed by atoms with van der Waals surface area (Å²) in [5.74, 6) is 0.915. The van der Waals surface area contributed by atoms with Crippen LogP contribution in [0.15, 0.2) is 24.3 Å². The smallest absolute Gasteiger partial charge is 0.0458 e. The van der Waals surface area contributed by atoms with E-state index in [1.807, 2.05) is 0 Å². The topological polar surface area (TPSA) is 15.8 Å². The van der Waals surface area contributed by atoms with E-state index < -0.39 is 0 Å². The second-order valence-electron chi connectivity index (χ2n) is 10.3. The molecule has 0 spiro atoms. The quantitative estimate of drug-likeness (QED) is 0.244. The molecule has 1 aromatic heterocycles. The van der Waals surface area contributed by atoms with Gasteiger partial charge in [0.2, 0.25) is 0 Å². The van der Waals surface area contributed by atoms with Crippen LogP contribution < -0.4 is 0 Å². The first-order valence-electron chi connectivity index (χ1n) is 14.0. The van der Waals surface area contributed by atoms with Crippen molar-refractivity contribution in [3.63, 3.8) is 0 Å². The lowest BCUT2D eigenvalue weighted by Crippen LogP contribution is -2.13. The van der Waals surface area contributed by atoms with E-state index in [1.54, 1.807) is 5.56 Å². The van der Waals surface area contributed by atoms with Crippen molar-refractivity contribution in [3.05, 3.63) is 35.5 Å². The molecule has 0 radical (unpaired) electrons. The second-order valence-corrected chi connectivity index (χ2v) is 10.3. The van der Waals surface area contributed by atoms with Gasteiger partial charge in [-0.3, -0.25) is 0 Å². The van der Waals surface area contributed by atoms with Crippen LogP contribution in [0.4, 0.5) is 0 Å². The molecule has 0 saturated carbocycles. The molecule has 2 aromatic rings. The van der Waals surface area contributed by atoms with Gasteiger partial charge in [-0.25, -0.2) is 0 Å². The van der Waals surface area contributed by atoms with Crippen molar-refractivity contribution in [3.8, 4) is 0 Å². The highest BCUT2D eigenvalue weighted by Gasteiger charge is 2.21. The summed E-state index contributed by atoms with van der Waals surface area (Å²) in [6.45, 7) is 2.30. The van der Waals surface area contributed by atoms with Gasteiger partial charge in [-0.05, 0) is 36.8 Å². The average molecular weight is 424 g/mol. The third-order valence-corrected chi connectivity index (χ3v) is 7.66. The summed E-state index contributed by atoms with van der Waals surface area (Å²) in [7, 11) is 0. The van der Waals surface area contributed by atoms with Crippen LogP contribution in [0.1, 0.15) is 134 Å². The molecule has 1 unspecified atom stereocenters. The Labute approximate surface area is 192 Å². The van der Waals surface area contributed by atoms with Gasteiger partial charge in [-0.1, -0.05) is 134 Å². The molecule has 0 bridgehead atoms. The van der Waals surface area contributed by atoms with E-state index in [9.17, 15) is 0 Å². The number of hydrogen-bond donors (Lipinski definition) is 1. The molecule has 1 heteroatoms. The van der Waals surface area contributed by atoms with Crippen molar-refractivity contribution in [2.24, 2.45) is 5.92 Å². The van der Waals surface area contributed by atoms with Gasteiger partial charge in [-0.15, -0.1) is 0 Å². The molecule has 1 heterocycles. The first-order valence-corrected chi connectivity index (χ1v) is 14.0. The summed E-state index contributed by atoms with van der Waals surface area (Å²) < 4.78 is 0. The Bertz CT molecular complexity index is 712. The van der Waals surface area contributed by atoms with Crippen molar-refractivity contribution < 1.29 is 0 Å². The minimum absolute atomic E-state index is 0.915. The molecular formula is C30H49N. The largest absolute Gasteiger partial charge is 0.358 e. The van der Waals surface area contributed by atoms with Gasteiger partial charge in [0.1, 0.15) is 0 Å². The highest BCUT2D eigenvalue weighted by molar-refractivity contribution is 5.84. The molecule has 0 aliphatic heterocycles. The van der Waals surface area contributed by atoms with Crippen molar-refractivity contribution in [2.75, 3.05) is 0 Å². The SMILES string of the molecule is CCCCCCCCCCCCCCCCCCC1CCc2[nH]c3ccccc3c2C1. The summed E-state index contributed by atoms with van der Waals surface area (Å²) in [4.78, 5) is 3.66. The van der Waals surface area contributed by atoms with Crippen molar-refractivity contribution >= 4 is 10.9 Å². The number of hydrogen-bond acceptors (Lipinski definition) is 0. The number of aromatic amines is 1. The van der Waals surface area contributed by atoms with Gasteiger partial charge < -0.3 is 4.98 Å². The molecule has 1 aliphatic carbocycles. The third kappa shape index (κ3) is 8.66. The molecule has 174 valence electrons. The predicted molar refractivity (Wildman–Crippen MR) is 138 cm³/mol. The van der Waals surface area contributed by atoms with Crippen LogP contribution in [0.3, 0.4) is 0 Å². The van der Waals surface area contributed by atoms with Crippen LogP contribution in [0.5, 0.6) is 0 Å². The van der Waals surface area contributed by atoms with Gasteiger partial charge in [0, 0.05) is 16.6 Å². The molecule has 31 heavy (non-hydrogen) atoms. The summed E-state index contributed by atoms with van der Waals surface area (Å²) in [6, 6.07) is 8.88. The maximum atomic E-state index is 3.66. The highest BCUT2D eigenvalue weighted by atomic mass is 14.7. The number of para-hydroxylation sites is 1.